The van der Waals surface area contributed by atoms with Gasteiger partial charge in [0, 0.05) is 19.4 Å². The van der Waals surface area contributed by atoms with E-state index >= 15 is 0 Å². The van der Waals surface area contributed by atoms with Crippen molar-refractivity contribution in [2.75, 3.05) is 6.54 Å². The number of nitrogens with zero attached hydrogens (tertiary/aromatic N) is 1. The van der Waals surface area contributed by atoms with Crippen LogP contribution in [0.1, 0.15) is 65.4 Å². The van der Waals surface area contributed by atoms with Gasteiger partial charge in [0.25, 0.3) is 0 Å². The highest BCUT2D eigenvalue weighted by Gasteiger charge is 2.41. The molecule has 1 saturated heterocycles. The number of amides is 5. The van der Waals surface area contributed by atoms with Crippen LogP contribution >= 0.6 is 0 Å². The second-order valence-corrected chi connectivity index (χ2v) is 11.5. The number of carbonyl (C=O) groups excluding carboxylic acids is 5. The lowest BCUT2D eigenvalue weighted by atomic mass is 9.95. The number of nitrogens with two attached hydrogens (primary N) is 2. The summed E-state index contributed by atoms with van der Waals surface area (Å²) in [5.41, 5.74) is 11.7. The van der Waals surface area contributed by atoms with E-state index in [2.05, 4.69) is 16.0 Å². The van der Waals surface area contributed by atoms with Gasteiger partial charge >= 0.3 is 5.97 Å². The van der Waals surface area contributed by atoms with Gasteiger partial charge in [-0.15, -0.1) is 0 Å². The Bertz CT molecular complexity index is 1150. The third-order valence-electron chi connectivity index (χ3n) is 7.80. The molecule has 0 bridgehead atoms. The lowest BCUT2D eigenvalue weighted by molar-refractivity contribution is -0.145. The van der Waals surface area contributed by atoms with Crippen LogP contribution in [-0.2, 0) is 35.2 Å². The van der Waals surface area contributed by atoms with Crippen molar-refractivity contribution in [2.24, 2.45) is 23.3 Å². The van der Waals surface area contributed by atoms with E-state index in [-0.39, 0.29) is 37.6 Å². The number of benzene rings is 1. The smallest absolute Gasteiger partial charge is 0.326 e. The molecular formula is C30H46N6O7. The van der Waals surface area contributed by atoms with Gasteiger partial charge in [-0.05, 0) is 36.7 Å². The van der Waals surface area contributed by atoms with Crippen molar-refractivity contribution in [1.29, 1.82) is 0 Å². The maximum Gasteiger partial charge on any atom is 0.326 e. The summed E-state index contributed by atoms with van der Waals surface area (Å²) in [5, 5.41) is 17.7. The molecule has 1 aromatic rings. The Labute approximate surface area is 252 Å². The SMILES string of the molecule is CC[C@H](C)[C@H](NC(=O)[C@@H](NC(=O)[C@@H](N)CCC(N)=O)C(C)C)C(=O)N1CCC[C@H]1C(=O)N[C@@H](Cc1ccccc1)C(=O)O. The molecule has 0 radical (unpaired) electrons. The second-order valence-electron chi connectivity index (χ2n) is 11.5. The number of nitrogens with one attached hydrogen (secondary N) is 3. The Kier molecular flexibility index (Phi) is 13.6. The zero-order chi connectivity index (χ0) is 32.3. The lowest BCUT2D eigenvalue weighted by Crippen LogP contribution is -2.60. The fourth-order valence-corrected chi connectivity index (χ4v) is 4.95. The molecule has 1 fully saturated rings. The van der Waals surface area contributed by atoms with Crippen molar-refractivity contribution in [3.8, 4) is 0 Å². The zero-order valence-corrected chi connectivity index (χ0v) is 25.4. The van der Waals surface area contributed by atoms with E-state index < -0.39 is 65.7 Å². The van der Waals surface area contributed by atoms with E-state index in [9.17, 15) is 33.9 Å². The van der Waals surface area contributed by atoms with E-state index in [1.807, 2.05) is 13.0 Å². The highest BCUT2D eigenvalue weighted by Crippen LogP contribution is 2.22. The molecule has 0 aliphatic carbocycles. The highest BCUT2D eigenvalue weighted by atomic mass is 16.4. The summed E-state index contributed by atoms with van der Waals surface area (Å²) in [7, 11) is 0. The van der Waals surface area contributed by atoms with E-state index in [1.54, 1.807) is 45.0 Å². The molecule has 1 aromatic carbocycles. The predicted molar refractivity (Wildman–Crippen MR) is 159 cm³/mol. The first-order valence-corrected chi connectivity index (χ1v) is 14.8. The Morgan fingerprint density at radius 1 is 0.977 bits per heavy atom. The van der Waals surface area contributed by atoms with Crippen molar-refractivity contribution in [1.82, 2.24) is 20.9 Å². The minimum atomic E-state index is -1.19. The van der Waals surface area contributed by atoms with Gasteiger partial charge in [0.05, 0.1) is 6.04 Å². The van der Waals surface area contributed by atoms with Gasteiger partial charge in [-0.1, -0.05) is 64.4 Å². The highest BCUT2D eigenvalue weighted by molar-refractivity contribution is 5.96. The minimum absolute atomic E-state index is 0.0219. The molecule has 238 valence electrons. The van der Waals surface area contributed by atoms with Crippen LogP contribution in [-0.4, -0.2) is 82.3 Å². The summed E-state index contributed by atoms with van der Waals surface area (Å²) in [6.45, 7) is 7.40. The Morgan fingerprint density at radius 3 is 2.16 bits per heavy atom. The summed E-state index contributed by atoms with van der Waals surface area (Å²) in [6.07, 6.45) is 1.45. The molecule has 1 aliphatic rings. The predicted octanol–water partition coefficient (Wildman–Crippen LogP) is 0.0540. The third-order valence-corrected chi connectivity index (χ3v) is 7.80. The van der Waals surface area contributed by atoms with Crippen molar-refractivity contribution >= 4 is 35.5 Å². The summed E-state index contributed by atoms with van der Waals surface area (Å²) in [6, 6.07) is 3.79. The lowest BCUT2D eigenvalue weighted by Gasteiger charge is -2.33. The molecule has 13 heteroatoms. The monoisotopic (exact) mass is 602 g/mol. The van der Waals surface area contributed by atoms with Gasteiger partial charge in [-0.2, -0.15) is 0 Å². The summed E-state index contributed by atoms with van der Waals surface area (Å²) < 4.78 is 0. The summed E-state index contributed by atoms with van der Waals surface area (Å²) >= 11 is 0. The van der Waals surface area contributed by atoms with Crippen LogP contribution in [0.5, 0.6) is 0 Å². The molecule has 0 unspecified atom stereocenters. The van der Waals surface area contributed by atoms with Gasteiger partial charge in [0.1, 0.15) is 24.2 Å². The van der Waals surface area contributed by atoms with Crippen molar-refractivity contribution in [2.45, 2.75) is 96.4 Å². The molecular weight excluding hydrogens is 556 g/mol. The number of carboxylic acids is 1. The molecule has 6 atom stereocenters. The molecule has 5 amide bonds. The standard InChI is InChI=1S/C30H46N6O7/c1-5-18(4)25(35-28(40)24(17(2)3)34-26(38)20(31)13-14-23(32)37)29(41)36-15-9-12-22(36)27(39)33-21(30(42)43)16-19-10-7-6-8-11-19/h6-8,10-11,17-18,20-22,24-25H,5,9,12-16,31H2,1-4H3,(H2,32,37)(H,33,39)(H,34,38)(H,35,40)(H,42,43)/t18-,20-,21-,22-,24-,25-/m0/s1. The van der Waals surface area contributed by atoms with Gasteiger partial charge in [0.15, 0.2) is 0 Å². The van der Waals surface area contributed by atoms with Crippen LogP contribution in [0.15, 0.2) is 30.3 Å². The maximum absolute atomic E-state index is 13.8. The van der Waals surface area contributed by atoms with Crippen LogP contribution in [0.25, 0.3) is 0 Å². The topological polar surface area (TPSA) is 214 Å². The number of carboxylic acid groups (broad SMARTS) is 1. The number of rotatable bonds is 16. The van der Waals surface area contributed by atoms with Crippen molar-refractivity contribution in [3.63, 3.8) is 0 Å². The van der Waals surface area contributed by atoms with E-state index in [1.165, 1.54) is 4.90 Å². The molecule has 2 rings (SSSR count). The molecule has 0 saturated carbocycles. The van der Waals surface area contributed by atoms with Crippen LogP contribution in [0.4, 0.5) is 0 Å². The maximum atomic E-state index is 13.8. The van der Waals surface area contributed by atoms with Crippen LogP contribution < -0.4 is 27.4 Å². The van der Waals surface area contributed by atoms with Crippen LogP contribution in [0, 0.1) is 11.8 Å². The number of primary amides is 1. The number of carbonyl (C=O) groups is 6. The first-order valence-electron chi connectivity index (χ1n) is 14.8. The molecule has 1 aliphatic heterocycles. The number of aliphatic carboxylic acids is 1. The quantitative estimate of drug-likeness (QED) is 0.152. The molecule has 0 spiro atoms. The molecule has 0 aromatic heterocycles. The van der Waals surface area contributed by atoms with Gasteiger partial charge in [0.2, 0.25) is 29.5 Å². The van der Waals surface area contributed by atoms with E-state index in [4.69, 9.17) is 11.5 Å². The third kappa shape index (κ3) is 10.3. The van der Waals surface area contributed by atoms with Gasteiger partial charge < -0.3 is 37.4 Å². The largest absolute Gasteiger partial charge is 0.480 e. The Morgan fingerprint density at radius 2 is 1.60 bits per heavy atom. The average molecular weight is 603 g/mol. The minimum Gasteiger partial charge on any atom is -0.480 e. The first kappa shape index (κ1) is 35.2. The Hall–Kier alpha value is -4.00. The fraction of sp³-hybridized carbons (Fsp3) is 0.600. The van der Waals surface area contributed by atoms with Crippen molar-refractivity contribution in [3.05, 3.63) is 35.9 Å². The van der Waals surface area contributed by atoms with Gasteiger partial charge in [-0.3, -0.25) is 24.0 Å². The molecule has 8 N–H and O–H groups in total. The van der Waals surface area contributed by atoms with Crippen LogP contribution in [0.2, 0.25) is 0 Å². The average Bonchev–Trinajstić information content (AvgIpc) is 3.46. The van der Waals surface area contributed by atoms with E-state index in [0.29, 0.717) is 19.3 Å². The summed E-state index contributed by atoms with van der Waals surface area (Å²) in [4.78, 5) is 77.6. The normalized spacial score (nSPS) is 18.2. The van der Waals surface area contributed by atoms with Crippen LogP contribution in [0.3, 0.4) is 0 Å². The van der Waals surface area contributed by atoms with Gasteiger partial charge in [-0.25, -0.2) is 4.79 Å². The Balaban J connectivity index is 2.17. The first-order chi connectivity index (χ1) is 20.3. The molecule has 13 nitrogen and oxygen atoms in total. The molecule has 43 heavy (non-hydrogen) atoms. The number of hydrogen-bond acceptors (Lipinski definition) is 7. The zero-order valence-electron chi connectivity index (χ0n) is 25.4. The number of hydrogen-bond donors (Lipinski definition) is 6. The van der Waals surface area contributed by atoms with Crippen molar-refractivity contribution < 1.29 is 33.9 Å². The summed E-state index contributed by atoms with van der Waals surface area (Å²) in [5.74, 6) is -4.69. The molecule has 1 heterocycles. The number of likely N-dealkylation sites (tertiary alicyclic amines) is 1. The van der Waals surface area contributed by atoms with E-state index in [0.717, 1.165) is 5.56 Å². The second kappa shape index (κ2) is 16.6. The fourth-order valence-electron chi connectivity index (χ4n) is 4.95.